The summed E-state index contributed by atoms with van der Waals surface area (Å²) in [5.74, 6) is -0.577. The molecule has 37 heavy (non-hydrogen) atoms. The molecule has 4 heterocycles. The van der Waals surface area contributed by atoms with E-state index in [9.17, 15) is 4.39 Å². The van der Waals surface area contributed by atoms with Crippen LogP contribution in [0.3, 0.4) is 0 Å². The highest BCUT2D eigenvalue weighted by Crippen LogP contribution is 2.40. The van der Waals surface area contributed by atoms with E-state index in [-0.39, 0.29) is 12.2 Å². The second-order valence-electron chi connectivity index (χ2n) is 10.00. The van der Waals surface area contributed by atoms with Gasteiger partial charge in [0.1, 0.15) is 11.5 Å². The van der Waals surface area contributed by atoms with Gasteiger partial charge in [0, 0.05) is 48.2 Å². The normalized spacial score (nSPS) is 15.9. The van der Waals surface area contributed by atoms with E-state index in [2.05, 4.69) is 14.8 Å². The number of likely N-dealkylation sites (tertiary alicyclic amines) is 1. The fourth-order valence-corrected chi connectivity index (χ4v) is 5.35. The average Bonchev–Trinajstić information content (AvgIpc) is 3.48. The predicted octanol–water partition coefficient (Wildman–Crippen LogP) is 6.38. The van der Waals surface area contributed by atoms with Gasteiger partial charge in [0.2, 0.25) is 5.69 Å². The van der Waals surface area contributed by atoms with Crippen molar-refractivity contribution in [3.8, 4) is 22.4 Å². The summed E-state index contributed by atoms with van der Waals surface area (Å²) >= 11 is 0. The molecular formula is C29H26F2N6. The van der Waals surface area contributed by atoms with Crippen molar-refractivity contribution in [3.05, 3.63) is 78.3 Å². The number of hydrogen-bond acceptors (Lipinski definition) is 3. The number of hydrogen-bond donors (Lipinski definition) is 0. The van der Waals surface area contributed by atoms with Crippen molar-refractivity contribution in [3.63, 3.8) is 0 Å². The van der Waals surface area contributed by atoms with Crippen molar-refractivity contribution >= 4 is 27.5 Å². The van der Waals surface area contributed by atoms with Gasteiger partial charge in [0.15, 0.2) is 0 Å². The lowest BCUT2D eigenvalue weighted by Gasteiger charge is -2.34. The van der Waals surface area contributed by atoms with Gasteiger partial charge in [0.05, 0.1) is 42.2 Å². The van der Waals surface area contributed by atoms with Crippen molar-refractivity contribution < 1.29 is 8.78 Å². The van der Waals surface area contributed by atoms with Gasteiger partial charge in [-0.25, -0.2) is 13.6 Å². The van der Waals surface area contributed by atoms with Crippen LogP contribution in [0.1, 0.15) is 12.8 Å². The summed E-state index contributed by atoms with van der Waals surface area (Å²) in [6.07, 6.45) is 6.45. The maximum atomic E-state index is 15.7. The molecule has 0 bridgehead atoms. The Hall–Kier alpha value is -4.09. The summed E-state index contributed by atoms with van der Waals surface area (Å²) in [4.78, 5) is 10.3. The second kappa shape index (κ2) is 8.79. The summed E-state index contributed by atoms with van der Waals surface area (Å²) in [5.41, 5.74) is 3.43. The van der Waals surface area contributed by atoms with E-state index in [0.717, 1.165) is 46.0 Å². The van der Waals surface area contributed by atoms with Gasteiger partial charge in [-0.2, -0.15) is 5.10 Å². The number of rotatable bonds is 4. The summed E-state index contributed by atoms with van der Waals surface area (Å²) in [5, 5.41) is 6.18. The highest BCUT2D eigenvalue weighted by Gasteiger charge is 2.34. The number of benzene rings is 2. The zero-order valence-electron chi connectivity index (χ0n) is 20.7. The molecule has 0 aliphatic carbocycles. The quantitative estimate of drug-likeness (QED) is 0.271. The molecule has 1 aliphatic rings. The molecule has 1 fully saturated rings. The Morgan fingerprint density at radius 3 is 2.54 bits per heavy atom. The van der Waals surface area contributed by atoms with E-state index < -0.39 is 11.5 Å². The number of halogens is 2. The van der Waals surface area contributed by atoms with Gasteiger partial charge in [-0.15, -0.1) is 0 Å². The first kappa shape index (κ1) is 23.3. The maximum absolute atomic E-state index is 15.7. The van der Waals surface area contributed by atoms with Crippen LogP contribution >= 0.6 is 0 Å². The number of aromatic nitrogens is 4. The predicted molar refractivity (Wildman–Crippen MR) is 142 cm³/mol. The Balaban J connectivity index is 1.52. The topological polar surface area (TPSA) is 43.2 Å². The molecule has 0 spiro atoms. The summed E-state index contributed by atoms with van der Waals surface area (Å²) < 4.78 is 34.2. The molecule has 0 radical (unpaired) electrons. The molecule has 6 rings (SSSR count). The molecule has 0 amide bonds. The van der Waals surface area contributed by atoms with Crippen LogP contribution in [-0.2, 0) is 13.6 Å². The average molecular weight is 497 g/mol. The van der Waals surface area contributed by atoms with E-state index in [1.54, 1.807) is 18.5 Å². The van der Waals surface area contributed by atoms with Gasteiger partial charge < -0.3 is 9.47 Å². The first-order valence-corrected chi connectivity index (χ1v) is 12.3. The van der Waals surface area contributed by atoms with Gasteiger partial charge in [-0.05, 0) is 49.7 Å². The number of aryl methyl sites for hydroxylation is 1. The monoisotopic (exact) mass is 496 g/mol. The molecule has 0 N–H and O–H groups in total. The van der Waals surface area contributed by atoms with E-state index in [0.29, 0.717) is 24.1 Å². The molecule has 186 valence electrons. The lowest BCUT2D eigenvalue weighted by molar-refractivity contribution is 0.0543. The Labute approximate surface area is 213 Å². The minimum absolute atomic E-state index is 0.0265. The Morgan fingerprint density at radius 1 is 1.00 bits per heavy atom. The zero-order chi connectivity index (χ0) is 25.7. The largest absolute Gasteiger partial charge is 0.343 e. The SMILES string of the molecule is [C-]#[N+]c1ccc(-c2c(-c3ccc4c(cnn4C)c3)ncc3c2ccn3CC2(F)CCN(C)CC2)cc1F. The van der Waals surface area contributed by atoms with E-state index in [1.165, 1.54) is 12.1 Å². The van der Waals surface area contributed by atoms with Crippen molar-refractivity contribution in [1.82, 2.24) is 24.2 Å². The summed E-state index contributed by atoms with van der Waals surface area (Å²) in [6, 6.07) is 12.6. The van der Waals surface area contributed by atoms with Gasteiger partial charge in [0.25, 0.3) is 0 Å². The van der Waals surface area contributed by atoms with Crippen LogP contribution in [0.15, 0.2) is 61.1 Å². The molecular weight excluding hydrogens is 470 g/mol. The Morgan fingerprint density at radius 2 is 1.78 bits per heavy atom. The maximum Gasteiger partial charge on any atom is 0.222 e. The molecule has 8 heteroatoms. The van der Waals surface area contributed by atoms with E-state index >= 15 is 4.39 Å². The number of pyridine rings is 1. The number of nitrogens with zero attached hydrogens (tertiary/aromatic N) is 6. The first-order chi connectivity index (χ1) is 17.8. The molecule has 1 saturated heterocycles. The highest BCUT2D eigenvalue weighted by molar-refractivity contribution is 6.02. The molecule has 0 saturated carbocycles. The third kappa shape index (κ3) is 4.05. The summed E-state index contributed by atoms with van der Waals surface area (Å²) in [6.45, 7) is 8.93. The highest BCUT2D eigenvalue weighted by atomic mass is 19.1. The smallest absolute Gasteiger partial charge is 0.222 e. The molecule has 0 atom stereocenters. The Bertz CT molecular complexity index is 1680. The lowest BCUT2D eigenvalue weighted by atomic mass is 9.93. The molecule has 2 aromatic carbocycles. The molecule has 3 aromatic heterocycles. The van der Waals surface area contributed by atoms with Crippen LogP contribution in [0.5, 0.6) is 0 Å². The standard InChI is InChI=1S/C29H26F2N6/c1-32-24-6-4-19(15-23(24)30)27-22-8-11-37(18-29(31)9-12-35(2)13-10-29)26(22)17-33-28(27)20-5-7-25-21(14-20)16-34-36(25)3/h4-8,11,14-17H,9-10,12-13,18H2,2-3H3. The van der Waals surface area contributed by atoms with Crippen molar-refractivity contribution in [1.29, 1.82) is 0 Å². The lowest BCUT2D eigenvalue weighted by Crippen LogP contribution is -2.42. The van der Waals surface area contributed by atoms with Crippen molar-refractivity contribution in [2.75, 3.05) is 20.1 Å². The van der Waals surface area contributed by atoms with Gasteiger partial charge in [-0.1, -0.05) is 18.2 Å². The number of piperidine rings is 1. The fraction of sp³-hybridized carbons (Fsp3) is 0.276. The molecule has 0 unspecified atom stereocenters. The van der Waals surface area contributed by atoms with Gasteiger partial charge in [-0.3, -0.25) is 9.67 Å². The Kier molecular flexibility index (Phi) is 5.54. The van der Waals surface area contributed by atoms with Crippen LogP contribution < -0.4 is 0 Å². The van der Waals surface area contributed by atoms with Gasteiger partial charge >= 0.3 is 0 Å². The minimum atomic E-state index is -1.29. The first-order valence-electron chi connectivity index (χ1n) is 12.3. The zero-order valence-corrected chi connectivity index (χ0v) is 20.7. The third-order valence-corrected chi connectivity index (χ3v) is 7.54. The van der Waals surface area contributed by atoms with Crippen LogP contribution in [0.25, 0.3) is 49.0 Å². The molecule has 5 aromatic rings. The van der Waals surface area contributed by atoms with Crippen molar-refractivity contribution in [2.24, 2.45) is 7.05 Å². The second-order valence-corrected chi connectivity index (χ2v) is 10.00. The molecule has 1 aliphatic heterocycles. The fourth-order valence-electron chi connectivity index (χ4n) is 5.35. The van der Waals surface area contributed by atoms with Crippen LogP contribution in [0, 0.1) is 12.4 Å². The van der Waals surface area contributed by atoms with Crippen LogP contribution in [0.2, 0.25) is 0 Å². The van der Waals surface area contributed by atoms with Crippen LogP contribution in [-0.4, -0.2) is 50.0 Å². The minimum Gasteiger partial charge on any atom is -0.343 e. The molecule has 6 nitrogen and oxygen atoms in total. The van der Waals surface area contributed by atoms with E-state index in [1.807, 2.05) is 53.8 Å². The summed E-state index contributed by atoms with van der Waals surface area (Å²) in [7, 11) is 3.91. The van der Waals surface area contributed by atoms with Crippen LogP contribution in [0.4, 0.5) is 14.5 Å². The number of alkyl halides is 1. The number of fused-ring (bicyclic) bond motifs is 2. The third-order valence-electron chi connectivity index (χ3n) is 7.54. The van der Waals surface area contributed by atoms with Crippen molar-refractivity contribution in [2.45, 2.75) is 25.1 Å². The van der Waals surface area contributed by atoms with E-state index in [4.69, 9.17) is 11.6 Å².